The zero-order chi connectivity index (χ0) is 29.3. The summed E-state index contributed by atoms with van der Waals surface area (Å²) in [6.07, 6.45) is 1.57. The first-order valence-corrected chi connectivity index (χ1v) is 16.2. The van der Waals surface area contributed by atoms with Gasteiger partial charge in [0.05, 0.1) is 39.0 Å². The summed E-state index contributed by atoms with van der Waals surface area (Å²) >= 11 is 0. The Labute approximate surface area is 237 Å². The van der Waals surface area contributed by atoms with Crippen molar-refractivity contribution in [2.75, 3.05) is 63.6 Å². The molecule has 0 aromatic heterocycles. The summed E-state index contributed by atoms with van der Waals surface area (Å²) in [4.78, 5) is 4.04. The van der Waals surface area contributed by atoms with Gasteiger partial charge in [-0.2, -0.15) is 0 Å². The zero-order valence-electron chi connectivity index (χ0n) is 23.6. The lowest BCUT2D eigenvalue weighted by atomic mass is 9.89. The van der Waals surface area contributed by atoms with Crippen molar-refractivity contribution in [1.29, 1.82) is 0 Å². The largest absolute Gasteiger partial charge is 0.377 e. The van der Waals surface area contributed by atoms with E-state index in [0.29, 0.717) is 25.9 Å². The summed E-state index contributed by atoms with van der Waals surface area (Å²) in [7, 11) is -3.33. The van der Waals surface area contributed by atoms with E-state index in [9.17, 15) is 16.8 Å². The van der Waals surface area contributed by atoms with Crippen LogP contribution in [0.1, 0.15) is 26.7 Å². The predicted octanol–water partition coefficient (Wildman–Crippen LogP) is 2.97. The fraction of sp³-hybridized carbons (Fsp3) is 0.556. The average Bonchev–Trinajstić information content (AvgIpc) is 2.89. The number of halogens is 1. The molecule has 1 N–H and O–H groups in total. The smallest absolute Gasteiger partial charge is 0.261 e. The van der Waals surface area contributed by atoms with Crippen LogP contribution in [-0.2, 0) is 29.5 Å². The van der Waals surface area contributed by atoms with Crippen LogP contribution in [0.5, 0.6) is 0 Å². The van der Waals surface area contributed by atoms with Crippen LogP contribution in [0.2, 0.25) is 0 Å². The molecular weight excluding hydrogens is 559 g/mol. The second-order valence-corrected chi connectivity index (χ2v) is 14.7. The second kappa shape index (κ2) is 11.9. The lowest BCUT2D eigenvalue weighted by Gasteiger charge is -2.46. The number of hydrogen-bond donors (Lipinski definition) is 1. The van der Waals surface area contributed by atoms with E-state index in [-0.39, 0.29) is 33.4 Å². The van der Waals surface area contributed by atoms with E-state index in [2.05, 4.69) is 23.5 Å². The number of nitrogens with zero attached hydrogens (tertiary/aromatic N) is 3. The summed E-state index contributed by atoms with van der Waals surface area (Å²) in [6.45, 7) is 7.47. The maximum Gasteiger partial charge on any atom is 0.261 e. The summed E-state index contributed by atoms with van der Waals surface area (Å²) in [5.41, 5.74) is -0.103. The number of ether oxygens (including phenoxy) is 2. The van der Waals surface area contributed by atoms with Crippen molar-refractivity contribution in [3.8, 4) is 0 Å². The minimum atomic E-state index is -4.13. The molecule has 2 saturated heterocycles. The van der Waals surface area contributed by atoms with Gasteiger partial charge < -0.3 is 14.4 Å². The SMILES string of the molecule is COC1(CN2C[C@@H](C)O[C@@H](C)C2)CCN(c2c(F)cccc2NS(=O)(=O)c2ccc(S(=O)(=O)N(C)C)cc2)CC1. The van der Waals surface area contributed by atoms with Gasteiger partial charge in [-0.25, -0.2) is 25.5 Å². The van der Waals surface area contributed by atoms with Gasteiger partial charge in [-0.05, 0) is 63.1 Å². The van der Waals surface area contributed by atoms with Gasteiger partial charge in [0.15, 0.2) is 0 Å². The molecular formula is C27H39FN4O6S2. The van der Waals surface area contributed by atoms with E-state index >= 15 is 4.39 Å². The number of sulfonamides is 2. The lowest BCUT2D eigenvalue weighted by Crippen LogP contribution is -2.56. The number of methoxy groups -OCH3 is 1. The normalized spacial score (nSPS) is 22.4. The number of rotatable bonds is 9. The number of nitrogens with one attached hydrogen (secondary N) is 1. The first-order valence-electron chi connectivity index (χ1n) is 13.3. The van der Waals surface area contributed by atoms with Crippen LogP contribution in [0.4, 0.5) is 15.8 Å². The average molecular weight is 599 g/mol. The van der Waals surface area contributed by atoms with Crippen LogP contribution in [0.3, 0.4) is 0 Å². The maximum atomic E-state index is 15.2. The van der Waals surface area contributed by atoms with Crippen molar-refractivity contribution in [3.05, 3.63) is 48.3 Å². The van der Waals surface area contributed by atoms with Crippen LogP contribution in [0.25, 0.3) is 0 Å². The highest BCUT2D eigenvalue weighted by Crippen LogP contribution is 2.36. The van der Waals surface area contributed by atoms with E-state index in [0.717, 1.165) is 23.9 Å². The van der Waals surface area contributed by atoms with Crippen molar-refractivity contribution in [1.82, 2.24) is 9.21 Å². The van der Waals surface area contributed by atoms with Crippen molar-refractivity contribution in [2.24, 2.45) is 0 Å². The summed E-state index contributed by atoms with van der Waals surface area (Å²) in [5.74, 6) is -0.534. The molecule has 2 aliphatic rings. The summed E-state index contributed by atoms with van der Waals surface area (Å²) in [5, 5.41) is 0. The van der Waals surface area contributed by atoms with Crippen molar-refractivity contribution in [2.45, 2.75) is 54.3 Å². The number of morpholine rings is 1. The molecule has 13 heteroatoms. The van der Waals surface area contributed by atoms with Crippen LogP contribution < -0.4 is 9.62 Å². The number of benzene rings is 2. The summed E-state index contributed by atoms with van der Waals surface area (Å²) < 4.78 is 81.8. The zero-order valence-corrected chi connectivity index (χ0v) is 25.3. The molecule has 0 spiro atoms. The standard InChI is InChI=1S/C27H39FN4O6S2/c1-20-17-31(18-21(2)38-20)19-27(37-5)13-15-32(16-14-27)26-24(28)7-6-8-25(26)29-39(33,34)22-9-11-23(12-10-22)40(35,36)30(3)4/h6-12,20-21,29H,13-19H2,1-5H3/t20-,21+. The van der Waals surface area contributed by atoms with Crippen LogP contribution >= 0.6 is 0 Å². The van der Waals surface area contributed by atoms with Gasteiger partial charge >= 0.3 is 0 Å². The molecule has 40 heavy (non-hydrogen) atoms. The molecule has 10 nitrogen and oxygen atoms in total. The molecule has 0 saturated carbocycles. The van der Waals surface area contributed by atoms with Crippen LogP contribution in [0, 0.1) is 5.82 Å². The Morgan fingerprint density at radius 3 is 2.12 bits per heavy atom. The molecule has 2 aliphatic heterocycles. The number of para-hydroxylation sites is 1. The fourth-order valence-electron chi connectivity index (χ4n) is 5.51. The van der Waals surface area contributed by atoms with Gasteiger partial charge in [0, 0.05) is 53.9 Å². The van der Waals surface area contributed by atoms with Gasteiger partial charge in [-0.15, -0.1) is 0 Å². The molecule has 222 valence electrons. The molecule has 0 unspecified atom stereocenters. The highest BCUT2D eigenvalue weighted by Gasteiger charge is 2.39. The molecule has 4 rings (SSSR count). The molecule has 0 radical (unpaired) electrons. The molecule has 2 aromatic rings. The minimum absolute atomic E-state index is 0.0289. The minimum Gasteiger partial charge on any atom is -0.377 e. The topological polar surface area (TPSA) is 108 Å². The van der Waals surface area contributed by atoms with Gasteiger partial charge in [0.2, 0.25) is 10.0 Å². The third kappa shape index (κ3) is 6.60. The Bertz CT molecular complexity index is 1380. The first kappa shape index (κ1) is 30.7. The van der Waals surface area contributed by atoms with Crippen LogP contribution in [-0.4, -0.2) is 97.8 Å². The Morgan fingerprint density at radius 2 is 1.57 bits per heavy atom. The second-order valence-electron chi connectivity index (χ2n) is 10.8. The first-order chi connectivity index (χ1) is 18.8. The van der Waals surface area contributed by atoms with E-state index < -0.39 is 31.5 Å². The van der Waals surface area contributed by atoms with Gasteiger partial charge in [-0.3, -0.25) is 9.62 Å². The van der Waals surface area contributed by atoms with E-state index in [1.165, 1.54) is 56.6 Å². The van der Waals surface area contributed by atoms with Gasteiger partial charge in [0.25, 0.3) is 10.0 Å². The number of piperidine rings is 1. The maximum absolute atomic E-state index is 15.2. The Kier molecular flexibility index (Phi) is 9.13. The van der Waals surface area contributed by atoms with Gasteiger partial charge in [0.1, 0.15) is 5.82 Å². The monoisotopic (exact) mass is 598 g/mol. The van der Waals surface area contributed by atoms with E-state index in [1.807, 2.05) is 4.90 Å². The highest BCUT2D eigenvalue weighted by atomic mass is 32.2. The molecule has 2 aromatic carbocycles. The fourth-order valence-corrected chi connectivity index (χ4v) is 7.48. The quantitative estimate of drug-likeness (QED) is 0.470. The molecule has 2 fully saturated rings. The number of hydrogen-bond acceptors (Lipinski definition) is 8. The van der Waals surface area contributed by atoms with E-state index in [1.54, 1.807) is 7.11 Å². The molecule has 2 atom stereocenters. The third-order valence-corrected chi connectivity index (χ3v) is 10.8. The third-order valence-electron chi connectivity index (χ3n) is 7.57. The Morgan fingerprint density at radius 1 is 1.00 bits per heavy atom. The van der Waals surface area contributed by atoms with Crippen LogP contribution in [0.15, 0.2) is 52.3 Å². The van der Waals surface area contributed by atoms with E-state index in [4.69, 9.17) is 9.47 Å². The molecule has 0 bridgehead atoms. The van der Waals surface area contributed by atoms with Crippen molar-refractivity contribution in [3.63, 3.8) is 0 Å². The Hall–Kier alpha value is -2.29. The summed E-state index contributed by atoms with van der Waals surface area (Å²) in [6, 6.07) is 9.20. The van der Waals surface area contributed by atoms with Crippen molar-refractivity contribution >= 4 is 31.4 Å². The number of anilines is 2. The van der Waals surface area contributed by atoms with Gasteiger partial charge in [-0.1, -0.05) is 6.07 Å². The highest BCUT2D eigenvalue weighted by molar-refractivity contribution is 7.92. The lowest BCUT2D eigenvalue weighted by molar-refractivity contribution is -0.107. The molecule has 0 aliphatic carbocycles. The molecule has 2 heterocycles. The predicted molar refractivity (Wildman–Crippen MR) is 152 cm³/mol. The Balaban J connectivity index is 1.51. The van der Waals surface area contributed by atoms with Crippen molar-refractivity contribution < 1.29 is 30.7 Å². The molecule has 0 amide bonds.